The fourth-order valence-electron chi connectivity index (χ4n) is 13.5. The van der Waals surface area contributed by atoms with Crippen molar-refractivity contribution in [2.45, 2.75) is 5.41 Å². The number of hydrogen-bond donors (Lipinski definition) is 0. The van der Waals surface area contributed by atoms with E-state index in [4.69, 9.17) is 0 Å². The van der Waals surface area contributed by atoms with Crippen LogP contribution >= 0.6 is 0 Å². The molecule has 0 spiro atoms. The van der Waals surface area contributed by atoms with Crippen LogP contribution in [0.1, 0.15) is 22.3 Å². The summed E-state index contributed by atoms with van der Waals surface area (Å²) in [6.07, 6.45) is 0. The molecule has 1 aliphatic carbocycles. The molecule has 16 rings (SSSR count). The molecule has 0 amide bonds. The first-order chi connectivity index (χ1) is 40.2. The zero-order chi connectivity index (χ0) is 53.4. The summed E-state index contributed by atoms with van der Waals surface area (Å²) in [5.74, 6) is 0. The summed E-state index contributed by atoms with van der Waals surface area (Å²) in [4.78, 5) is 0. The Morgan fingerprint density at radius 3 is 1.11 bits per heavy atom. The first-order valence-electron chi connectivity index (χ1n) is 28.1. The molecule has 0 N–H and O–H groups in total. The van der Waals surface area contributed by atoms with Crippen LogP contribution in [0.4, 0.5) is 0 Å². The third-order valence-corrected chi connectivity index (χ3v) is 17.2. The summed E-state index contributed by atoms with van der Waals surface area (Å²) < 4.78 is 4.89. The lowest BCUT2D eigenvalue weighted by atomic mass is 9.67. The molecule has 0 saturated carbocycles. The first-order valence-corrected chi connectivity index (χ1v) is 28.1. The van der Waals surface area contributed by atoms with Gasteiger partial charge < -0.3 is 9.13 Å². The maximum Gasteiger partial charge on any atom is 0.0714 e. The van der Waals surface area contributed by atoms with Crippen molar-refractivity contribution >= 4 is 43.6 Å². The molecule has 378 valence electrons. The van der Waals surface area contributed by atoms with Crippen LogP contribution in [0.3, 0.4) is 0 Å². The number of benzene rings is 13. The molecule has 0 aliphatic heterocycles. The number of nitrogens with zero attached hydrogens (tertiary/aromatic N) is 2. The third-order valence-electron chi connectivity index (χ3n) is 17.2. The van der Waals surface area contributed by atoms with E-state index in [2.05, 4.69) is 325 Å². The van der Waals surface area contributed by atoms with Crippen LogP contribution in [0.2, 0.25) is 0 Å². The van der Waals surface area contributed by atoms with Crippen LogP contribution in [-0.4, -0.2) is 9.13 Å². The Morgan fingerprint density at radius 2 is 0.556 bits per heavy atom. The minimum absolute atomic E-state index is 0.484. The summed E-state index contributed by atoms with van der Waals surface area (Å²) in [7, 11) is 0. The topological polar surface area (TPSA) is 9.86 Å². The van der Waals surface area contributed by atoms with E-state index in [1.165, 1.54) is 133 Å². The molecule has 0 fully saturated rings. The third kappa shape index (κ3) is 7.49. The second kappa shape index (κ2) is 18.8. The summed E-state index contributed by atoms with van der Waals surface area (Å²) in [5.41, 5.74) is 26.3. The number of hydrogen-bond acceptors (Lipinski definition) is 0. The van der Waals surface area contributed by atoms with Crippen molar-refractivity contribution in [3.63, 3.8) is 0 Å². The van der Waals surface area contributed by atoms with Gasteiger partial charge in [0.1, 0.15) is 0 Å². The van der Waals surface area contributed by atoms with Crippen molar-refractivity contribution in [1.82, 2.24) is 9.13 Å². The van der Waals surface area contributed by atoms with Gasteiger partial charge in [-0.15, -0.1) is 0 Å². The van der Waals surface area contributed by atoms with Crippen LogP contribution in [0.15, 0.2) is 315 Å². The molecule has 81 heavy (non-hydrogen) atoms. The summed E-state index contributed by atoms with van der Waals surface area (Å²) in [6.45, 7) is 0. The lowest BCUT2D eigenvalue weighted by Crippen LogP contribution is -2.28. The average Bonchev–Trinajstić information content (AvgIpc) is 4.39. The smallest absolute Gasteiger partial charge is 0.0714 e. The molecule has 1 aliphatic rings. The Bertz CT molecular complexity index is 4850. The Kier molecular flexibility index (Phi) is 10.8. The first kappa shape index (κ1) is 46.5. The Labute approximate surface area is 471 Å². The minimum atomic E-state index is -0.484. The van der Waals surface area contributed by atoms with E-state index in [0.29, 0.717) is 0 Å². The fraction of sp³-hybridized carbons (Fsp3) is 0.0127. The van der Waals surface area contributed by atoms with Crippen molar-refractivity contribution in [2.75, 3.05) is 0 Å². The number of fused-ring (bicyclic) bond motifs is 9. The zero-order valence-electron chi connectivity index (χ0n) is 44.4. The largest absolute Gasteiger partial charge is 0.309 e. The maximum atomic E-state index is 2.48. The van der Waals surface area contributed by atoms with E-state index in [1.54, 1.807) is 0 Å². The van der Waals surface area contributed by atoms with Crippen LogP contribution in [0, 0.1) is 0 Å². The van der Waals surface area contributed by atoms with Gasteiger partial charge in [0.15, 0.2) is 0 Å². The van der Waals surface area contributed by atoms with Crippen molar-refractivity contribution in [1.29, 1.82) is 0 Å². The van der Waals surface area contributed by atoms with E-state index < -0.39 is 5.41 Å². The molecule has 0 atom stereocenters. The predicted molar refractivity (Wildman–Crippen MR) is 340 cm³/mol. The van der Waals surface area contributed by atoms with E-state index in [9.17, 15) is 0 Å². The van der Waals surface area contributed by atoms with Gasteiger partial charge in [0.05, 0.1) is 27.5 Å². The number of para-hydroxylation sites is 2. The SMILES string of the molecule is c1ccc(-c2cccc(-c3cccc(-c4ccc(-c5ccc(-n6c7ccccc7c7cc(-c8ccc9c(c8)c8ccccc8n9-c8ccc9c(c8)C(c8ccccc8)(c8ccccc8)c8ccccc8-9)ccc76)cc5)cc4)c3)c2)cc1. The molecule has 0 bridgehead atoms. The van der Waals surface area contributed by atoms with Crippen LogP contribution in [-0.2, 0) is 5.41 Å². The molecule has 0 unspecified atom stereocenters. The normalized spacial score (nSPS) is 12.5. The molecule has 2 heteroatoms. The van der Waals surface area contributed by atoms with Gasteiger partial charge in [-0.25, -0.2) is 0 Å². The minimum Gasteiger partial charge on any atom is -0.309 e. The quantitative estimate of drug-likeness (QED) is 0.136. The molecular weight excluding hydrogens is 977 g/mol. The van der Waals surface area contributed by atoms with Gasteiger partial charge in [0.2, 0.25) is 0 Å². The van der Waals surface area contributed by atoms with Gasteiger partial charge in [-0.2, -0.15) is 0 Å². The standard InChI is InChI=1S/C79H52N2/c1-4-18-53(19-5-1)57-20-16-22-59(48-57)60-23-17-21-58(49-60)56-36-34-54(35-37-56)55-38-42-65(43-39-55)80-75-32-14-11-29-69(75)71-50-61(40-46-77(71)80)62-41-47-78-72(51-62)70-30-12-15-33-76(70)81(78)66-44-45-68-67-28-10-13-31-73(67)79(74(68)52-66,63-24-6-2-7-25-63)64-26-8-3-9-27-64/h1-52H. The second-order valence-corrected chi connectivity index (χ2v) is 21.6. The number of rotatable bonds is 9. The Hall–Kier alpha value is -10.5. The van der Waals surface area contributed by atoms with Crippen LogP contribution in [0.5, 0.6) is 0 Å². The second-order valence-electron chi connectivity index (χ2n) is 21.6. The lowest BCUT2D eigenvalue weighted by Gasteiger charge is -2.34. The van der Waals surface area contributed by atoms with Crippen molar-refractivity contribution in [3.05, 3.63) is 338 Å². The molecule has 15 aromatic rings. The van der Waals surface area contributed by atoms with Crippen molar-refractivity contribution in [2.24, 2.45) is 0 Å². The number of aromatic nitrogens is 2. The average molecular weight is 1030 g/mol. The van der Waals surface area contributed by atoms with Gasteiger partial charge in [-0.3, -0.25) is 0 Å². The fourth-order valence-corrected chi connectivity index (χ4v) is 13.5. The van der Waals surface area contributed by atoms with Crippen LogP contribution in [0.25, 0.3) is 122 Å². The van der Waals surface area contributed by atoms with E-state index in [-0.39, 0.29) is 0 Å². The highest BCUT2D eigenvalue weighted by atomic mass is 15.0. The van der Waals surface area contributed by atoms with E-state index in [0.717, 1.165) is 11.4 Å². The Morgan fingerprint density at radius 1 is 0.198 bits per heavy atom. The molecule has 0 saturated heterocycles. The highest BCUT2D eigenvalue weighted by Crippen LogP contribution is 2.57. The molecule has 0 radical (unpaired) electrons. The molecular formula is C79H52N2. The molecule has 2 nitrogen and oxygen atoms in total. The highest BCUT2D eigenvalue weighted by molar-refractivity contribution is 6.13. The van der Waals surface area contributed by atoms with E-state index in [1.807, 2.05) is 0 Å². The summed E-state index contributed by atoms with van der Waals surface area (Å²) in [5, 5.41) is 4.94. The van der Waals surface area contributed by atoms with Gasteiger partial charge in [0.25, 0.3) is 0 Å². The van der Waals surface area contributed by atoms with Gasteiger partial charge in [-0.05, 0) is 162 Å². The molecule has 13 aromatic carbocycles. The predicted octanol–water partition coefficient (Wildman–Crippen LogP) is 20.6. The molecule has 2 heterocycles. The maximum absolute atomic E-state index is 2.48. The summed E-state index contributed by atoms with van der Waals surface area (Å²) >= 11 is 0. The van der Waals surface area contributed by atoms with Gasteiger partial charge in [0, 0.05) is 32.9 Å². The van der Waals surface area contributed by atoms with Crippen molar-refractivity contribution in [3.8, 4) is 78.1 Å². The molecule has 2 aromatic heterocycles. The van der Waals surface area contributed by atoms with Crippen molar-refractivity contribution < 1.29 is 0 Å². The zero-order valence-corrected chi connectivity index (χ0v) is 44.4. The van der Waals surface area contributed by atoms with Crippen LogP contribution < -0.4 is 0 Å². The Balaban J connectivity index is 0.731. The monoisotopic (exact) mass is 1030 g/mol. The van der Waals surface area contributed by atoms with Gasteiger partial charge >= 0.3 is 0 Å². The summed E-state index contributed by atoms with van der Waals surface area (Å²) in [6, 6.07) is 116. The lowest BCUT2D eigenvalue weighted by molar-refractivity contribution is 0.767. The highest BCUT2D eigenvalue weighted by Gasteiger charge is 2.46. The van der Waals surface area contributed by atoms with Gasteiger partial charge in [-0.1, -0.05) is 243 Å². The van der Waals surface area contributed by atoms with E-state index >= 15 is 0 Å².